The lowest BCUT2D eigenvalue weighted by Gasteiger charge is -2.26. The third-order valence-electron chi connectivity index (χ3n) is 6.13. The number of methoxy groups -OCH3 is 1. The maximum atomic E-state index is 13.3. The smallest absolute Gasteiger partial charge is 0.508 e. The molecule has 7 nitrogen and oxygen atoms in total. The van der Waals surface area contributed by atoms with Gasteiger partial charge in [-0.25, -0.2) is 0 Å². The number of carbonyl (C=O) groups excluding carboxylic acids is 2. The van der Waals surface area contributed by atoms with E-state index in [1.165, 1.54) is 43.5 Å². The fourth-order valence-electron chi connectivity index (χ4n) is 4.37. The van der Waals surface area contributed by atoms with Gasteiger partial charge in [-0.15, -0.1) is 13.2 Å². The van der Waals surface area contributed by atoms with Gasteiger partial charge >= 0.3 is 6.36 Å². The Kier molecular flexibility index (Phi) is 7.08. The number of aromatic hydroxyl groups is 1. The van der Waals surface area contributed by atoms with Gasteiger partial charge in [0.05, 0.1) is 18.7 Å². The summed E-state index contributed by atoms with van der Waals surface area (Å²) in [6, 6.07) is 13.9. The predicted octanol–water partition coefficient (Wildman–Crippen LogP) is 6.05. The van der Waals surface area contributed by atoms with Crippen molar-refractivity contribution in [3.8, 4) is 17.2 Å². The minimum atomic E-state index is -4.90. The largest absolute Gasteiger partial charge is 0.573 e. The number of halogens is 3. The van der Waals surface area contributed by atoms with Crippen LogP contribution in [-0.2, 0) is 9.59 Å². The third-order valence-corrected chi connectivity index (χ3v) is 6.13. The van der Waals surface area contributed by atoms with Crippen LogP contribution in [0.3, 0.4) is 0 Å². The number of ether oxygens (including phenoxy) is 2. The number of rotatable bonds is 6. The Bertz CT molecular complexity index is 1400. The first-order valence-corrected chi connectivity index (χ1v) is 11.5. The monoisotopic (exact) mass is 527 g/mol. The number of hydrogen-bond donors (Lipinski definition) is 2. The molecule has 10 heteroatoms. The highest BCUT2D eigenvalue weighted by Gasteiger charge is 2.47. The van der Waals surface area contributed by atoms with Gasteiger partial charge < -0.3 is 19.7 Å². The van der Waals surface area contributed by atoms with Crippen molar-refractivity contribution in [3.05, 3.63) is 89.0 Å². The van der Waals surface area contributed by atoms with Gasteiger partial charge in [0.1, 0.15) is 23.0 Å². The summed E-state index contributed by atoms with van der Waals surface area (Å²) in [5.74, 6) is -2.33. The molecule has 1 amide bonds. The van der Waals surface area contributed by atoms with Gasteiger partial charge in [-0.05, 0) is 71.6 Å². The highest BCUT2D eigenvalue weighted by molar-refractivity contribution is 6.51. The molecule has 3 aromatic rings. The summed E-state index contributed by atoms with van der Waals surface area (Å²) in [7, 11) is 1.52. The van der Waals surface area contributed by atoms with Crippen molar-refractivity contribution in [2.45, 2.75) is 32.2 Å². The molecule has 198 valence electrons. The van der Waals surface area contributed by atoms with Crippen molar-refractivity contribution < 1.29 is 42.4 Å². The van der Waals surface area contributed by atoms with E-state index in [2.05, 4.69) is 4.74 Å². The second-order valence-corrected chi connectivity index (χ2v) is 8.91. The summed E-state index contributed by atoms with van der Waals surface area (Å²) < 4.78 is 47.1. The lowest BCUT2D eigenvalue weighted by molar-refractivity contribution is -0.274. The number of carbonyl (C=O) groups is 2. The van der Waals surface area contributed by atoms with Gasteiger partial charge in [-0.1, -0.05) is 26.0 Å². The first-order chi connectivity index (χ1) is 17.9. The van der Waals surface area contributed by atoms with Gasteiger partial charge in [0.15, 0.2) is 0 Å². The molecule has 0 radical (unpaired) electrons. The van der Waals surface area contributed by atoms with E-state index in [1.807, 2.05) is 13.8 Å². The van der Waals surface area contributed by atoms with Gasteiger partial charge in [-0.3, -0.25) is 14.5 Å². The summed E-state index contributed by atoms with van der Waals surface area (Å²) in [4.78, 5) is 27.6. The molecule has 0 spiro atoms. The zero-order valence-electron chi connectivity index (χ0n) is 20.6. The number of amides is 1. The number of anilines is 1. The first kappa shape index (κ1) is 26.6. The lowest BCUT2D eigenvalue weighted by atomic mass is 9.93. The SMILES string of the molecule is COc1ccc(/C(O)=C2/C(=O)C(=O)N(c3ccc(OC(F)(F)F)cc3)C2c2ccc(O)cc2)cc1C(C)C. The molecule has 1 fully saturated rings. The van der Waals surface area contributed by atoms with Crippen LogP contribution < -0.4 is 14.4 Å². The van der Waals surface area contributed by atoms with Crippen molar-refractivity contribution in [1.82, 2.24) is 0 Å². The molecular formula is C28H24F3NO6. The zero-order chi connectivity index (χ0) is 27.8. The summed E-state index contributed by atoms with van der Waals surface area (Å²) in [5, 5.41) is 21.1. The third kappa shape index (κ3) is 5.15. The van der Waals surface area contributed by atoms with Crippen LogP contribution in [0.2, 0.25) is 0 Å². The topological polar surface area (TPSA) is 96.3 Å². The molecule has 1 heterocycles. The number of aliphatic hydroxyl groups is 1. The lowest BCUT2D eigenvalue weighted by Crippen LogP contribution is -2.29. The van der Waals surface area contributed by atoms with Crippen LogP contribution >= 0.6 is 0 Å². The van der Waals surface area contributed by atoms with Gasteiger partial charge in [0.2, 0.25) is 0 Å². The van der Waals surface area contributed by atoms with Crippen LogP contribution in [0, 0.1) is 0 Å². The molecule has 38 heavy (non-hydrogen) atoms. The minimum Gasteiger partial charge on any atom is -0.508 e. The van der Waals surface area contributed by atoms with Crippen molar-refractivity contribution in [2.75, 3.05) is 12.0 Å². The summed E-state index contributed by atoms with van der Waals surface area (Å²) >= 11 is 0. The highest BCUT2D eigenvalue weighted by atomic mass is 19.4. The molecule has 0 aliphatic carbocycles. The van der Waals surface area contributed by atoms with Gasteiger partial charge in [0, 0.05) is 11.3 Å². The first-order valence-electron chi connectivity index (χ1n) is 11.5. The van der Waals surface area contributed by atoms with E-state index < -0.39 is 35.6 Å². The molecule has 4 rings (SSSR count). The van der Waals surface area contributed by atoms with Gasteiger partial charge in [-0.2, -0.15) is 0 Å². The van der Waals surface area contributed by atoms with E-state index in [9.17, 15) is 33.0 Å². The van der Waals surface area contributed by atoms with Crippen molar-refractivity contribution in [1.29, 1.82) is 0 Å². The number of hydrogen-bond acceptors (Lipinski definition) is 6. The Morgan fingerprint density at radius 2 is 1.61 bits per heavy atom. The highest BCUT2D eigenvalue weighted by Crippen LogP contribution is 2.43. The summed E-state index contributed by atoms with van der Waals surface area (Å²) in [5.41, 5.74) is 1.33. The van der Waals surface area contributed by atoms with Crippen LogP contribution in [0.15, 0.2) is 72.3 Å². The van der Waals surface area contributed by atoms with E-state index >= 15 is 0 Å². The maximum absolute atomic E-state index is 13.3. The number of benzene rings is 3. The molecule has 1 unspecified atom stereocenters. The average Bonchev–Trinajstić information content (AvgIpc) is 3.13. The quantitative estimate of drug-likeness (QED) is 0.230. The Morgan fingerprint density at radius 1 is 0.974 bits per heavy atom. The fraction of sp³-hybridized carbons (Fsp3) is 0.214. The van der Waals surface area contributed by atoms with Crippen LogP contribution in [0.4, 0.5) is 18.9 Å². The summed E-state index contributed by atoms with van der Waals surface area (Å²) in [6.45, 7) is 3.87. The molecule has 0 bridgehead atoms. The van der Waals surface area contributed by atoms with E-state index in [4.69, 9.17) is 4.74 Å². The Labute approximate surface area is 216 Å². The minimum absolute atomic E-state index is 0.0189. The molecule has 1 aliphatic heterocycles. The Balaban J connectivity index is 1.87. The van der Waals surface area contributed by atoms with E-state index in [-0.39, 0.29) is 28.5 Å². The second-order valence-electron chi connectivity index (χ2n) is 8.91. The number of alkyl halides is 3. The zero-order valence-corrected chi connectivity index (χ0v) is 20.6. The van der Waals surface area contributed by atoms with Crippen LogP contribution in [-0.4, -0.2) is 35.4 Å². The van der Waals surface area contributed by atoms with Crippen molar-refractivity contribution >= 4 is 23.1 Å². The Hall–Kier alpha value is -4.47. The van der Waals surface area contributed by atoms with Gasteiger partial charge in [0.25, 0.3) is 11.7 Å². The van der Waals surface area contributed by atoms with Crippen LogP contribution in [0.1, 0.15) is 42.5 Å². The maximum Gasteiger partial charge on any atom is 0.573 e. The molecule has 0 saturated carbocycles. The fourth-order valence-corrected chi connectivity index (χ4v) is 4.37. The van der Waals surface area contributed by atoms with Crippen LogP contribution in [0.25, 0.3) is 5.76 Å². The molecule has 1 atom stereocenters. The molecule has 3 aromatic carbocycles. The second kappa shape index (κ2) is 10.1. The van der Waals surface area contributed by atoms with E-state index in [0.29, 0.717) is 11.3 Å². The predicted molar refractivity (Wildman–Crippen MR) is 133 cm³/mol. The molecule has 1 aliphatic rings. The van der Waals surface area contributed by atoms with Crippen LogP contribution in [0.5, 0.6) is 17.2 Å². The number of phenolic OH excluding ortho intramolecular Hbond substituents is 1. The average molecular weight is 527 g/mol. The number of Topliss-reactive ketones (excluding diaryl/α,β-unsaturated/α-hetero) is 1. The molecule has 1 saturated heterocycles. The molecule has 0 aromatic heterocycles. The van der Waals surface area contributed by atoms with E-state index in [0.717, 1.165) is 22.6 Å². The standard InChI is InChI=1S/C28H24F3NO6/c1-15(2)21-14-17(6-13-22(21)37-3)25(34)23-24(16-4-9-19(33)10-5-16)32(27(36)26(23)35)18-7-11-20(12-8-18)38-28(29,30)31/h4-15,24,33-34H,1-3H3/b25-23-. The van der Waals surface area contributed by atoms with E-state index in [1.54, 1.807) is 18.2 Å². The summed E-state index contributed by atoms with van der Waals surface area (Å²) in [6.07, 6.45) is -4.90. The number of nitrogens with zero attached hydrogens (tertiary/aromatic N) is 1. The molecule has 2 N–H and O–H groups in total. The Morgan fingerprint density at radius 3 is 2.16 bits per heavy atom. The number of aliphatic hydroxyl groups excluding tert-OH is 1. The molecular weight excluding hydrogens is 503 g/mol. The van der Waals surface area contributed by atoms with Crippen molar-refractivity contribution in [2.24, 2.45) is 0 Å². The van der Waals surface area contributed by atoms with Crippen molar-refractivity contribution in [3.63, 3.8) is 0 Å². The number of ketones is 1. The number of phenols is 1. The normalized spacial score (nSPS) is 17.2.